The Morgan fingerprint density at radius 3 is 3.00 bits per heavy atom. The van der Waals surface area contributed by atoms with Gasteiger partial charge in [-0.15, -0.1) is 11.3 Å². The summed E-state index contributed by atoms with van der Waals surface area (Å²) in [6, 6.07) is -0.0992. The fourth-order valence-corrected chi connectivity index (χ4v) is 2.40. The van der Waals surface area contributed by atoms with Gasteiger partial charge >= 0.3 is 0 Å². The molecule has 18 heavy (non-hydrogen) atoms. The number of aromatic nitrogens is 1. The summed E-state index contributed by atoms with van der Waals surface area (Å²) in [5.41, 5.74) is 2.68. The highest BCUT2D eigenvalue weighted by molar-refractivity contribution is 7.09. The van der Waals surface area contributed by atoms with E-state index in [1.807, 2.05) is 12.3 Å². The molecular weight excluding hydrogens is 252 g/mol. The van der Waals surface area contributed by atoms with Crippen molar-refractivity contribution in [3.05, 3.63) is 16.6 Å². The van der Waals surface area contributed by atoms with Crippen LogP contribution in [0.25, 0.3) is 0 Å². The van der Waals surface area contributed by atoms with Crippen molar-refractivity contribution in [2.24, 2.45) is 5.10 Å². The van der Waals surface area contributed by atoms with E-state index in [1.165, 1.54) is 11.3 Å². The number of thiazole rings is 1. The van der Waals surface area contributed by atoms with Crippen molar-refractivity contribution < 1.29 is 9.59 Å². The summed E-state index contributed by atoms with van der Waals surface area (Å²) < 4.78 is 0. The fourth-order valence-electron chi connectivity index (χ4n) is 1.62. The molecule has 1 aliphatic rings. The average Bonchev–Trinajstić information content (AvgIpc) is 2.90. The molecule has 0 bridgehead atoms. The second-order valence-electron chi connectivity index (χ2n) is 3.90. The highest BCUT2D eigenvalue weighted by Gasteiger charge is 2.21. The number of hydrogen-bond acceptors (Lipinski definition) is 5. The number of nitrogens with one attached hydrogen (secondary N) is 2. The molecule has 0 saturated heterocycles. The minimum absolute atomic E-state index is 0.0992. The van der Waals surface area contributed by atoms with E-state index in [0.29, 0.717) is 18.6 Å². The Kier molecular flexibility index (Phi) is 4.03. The number of hydrogen-bond donors (Lipinski definition) is 2. The summed E-state index contributed by atoms with van der Waals surface area (Å²) in [7, 11) is 0. The van der Waals surface area contributed by atoms with Crippen molar-refractivity contribution in [3.63, 3.8) is 0 Å². The number of amides is 2. The van der Waals surface area contributed by atoms with Crippen molar-refractivity contribution in [1.29, 1.82) is 0 Å². The first-order valence-corrected chi connectivity index (χ1v) is 6.64. The molecule has 6 nitrogen and oxygen atoms in total. The molecule has 0 aromatic carbocycles. The van der Waals surface area contributed by atoms with Crippen molar-refractivity contribution >= 4 is 28.9 Å². The number of hydrazone groups is 1. The molecule has 1 unspecified atom stereocenters. The summed E-state index contributed by atoms with van der Waals surface area (Å²) >= 11 is 1.51. The molecule has 1 aromatic rings. The highest BCUT2D eigenvalue weighted by atomic mass is 32.1. The van der Waals surface area contributed by atoms with E-state index in [4.69, 9.17) is 0 Å². The van der Waals surface area contributed by atoms with Gasteiger partial charge in [0, 0.05) is 24.4 Å². The standard InChI is InChI=1S/C11H14N4O2S/c1-2-7(11-12-5-6-18-11)13-10(17)8-3-4-9(16)15-14-8/h5-7H,2-4H2,1H3,(H,13,17)(H,15,16). The first kappa shape index (κ1) is 12.7. The Morgan fingerprint density at radius 1 is 1.61 bits per heavy atom. The number of nitrogens with zero attached hydrogens (tertiary/aromatic N) is 2. The molecule has 7 heteroatoms. The van der Waals surface area contributed by atoms with Gasteiger partial charge in [-0.2, -0.15) is 5.10 Å². The van der Waals surface area contributed by atoms with Crippen LogP contribution in [0.1, 0.15) is 37.2 Å². The Labute approximate surface area is 108 Å². The van der Waals surface area contributed by atoms with Crippen LogP contribution in [0.3, 0.4) is 0 Å². The third-order valence-corrected chi connectivity index (χ3v) is 3.52. The first-order valence-electron chi connectivity index (χ1n) is 5.76. The molecule has 0 saturated carbocycles. The quantitative estimate of drug-likeness (QED) is 0.852. The second kappa shape index (κ2) is 5.72. The van der Waals surface area contributed by atoms with Crippen LogP contribution in [-0.4, -0.2) is 22.5 Å². The van der Waals surface area contributed by atoms with Gasteiger partial charge < -0.3 is 5.32 Å². The van der Waals surface area contributed by atoms with Gasteiger partial charge in [0.15, 0.2) is 0 Å². The van der Waals surface area contributed by atoms with Gasteiger partial charge in [-0.1, -0.05) is 6.92 Å². The van der Waals surface area contributed by atoms with Crippen LogP contribution in [0, 0.1) is 0 Å². The van der Waals surface area contributed by atoms with Crippen LogP contribution in [0.4, 0.5) is 0 Å². The molecule has 1 aliphatic heterocycles. The Balaban J connectivity index is 2.00. The van der Waals surface area contributed by atoms with E-state index >= 15 is 0 Å². The van der Waals surface area contributed by atoms with Crippen LogP contribution in [-0.2, 0) is 9.59 Å². The zero-order chi connectivity index (χ0) is 13.0. The zero-order valence-corrected chi connectivity index (χ0v) is 10.8. The summed E-state index contributed by atoms with van der Waals surface area (Å²) in [5, 5.41) is 9.41. The van der Waals surface area contributed by atoms with Crippen molar-refractivity contribution in [3.8, 4) is 0 Å². The molecule has 0 fully saturated rings. The molecule has 1 atom stereocenters. The van der Waals surface area contributed by atoms with Crippen molar-refractivity contribution in [1.82, 2.24) is 15.7 Å². The predicted octanol–water partition coefficient (Wildman–Crippen LogP) is 0.976. The van der Waals surface area contributed by atoms with Crippen LogP contribution in [0.2, 0.25) is 0 Å². The minimum atomic E-state index is -0.239. The highest BCUT2D eigenvalue weighted by Crippen LogP contribution is 2.18. The average molecular weight is 266 g/mol. The number of rotatable bonds is 4. The fraction of sp³-hybridized carbons (Fsp3) is 0.455. The van der Waals surface area contributed by atoms with Crippen LogP contribution in [0.5, 0.6) is 0 Å². The number of carbonyl (C=O) groups is 2. The topological polar surface area (TPSA) is 83.5 Å². The van der Waals surface area contributed by atoms with Gasteiger partial charge in [0.2, 0.25) is 5.91 Å². The maximum absolute atomic E-state index is 12.0. The molecule has 0 spiro atoms. The Morgan fingerprint density at radius 2 is 2.44 bits per heavy atom. The molecule has 2 rings (SSSR count). The maximum Gasteiger partial charge on any atom is 0.268 e. The monoisotopic (exact) mass is 266 g/mol. The Hall–Kier alpha value is -1.76. The largest absolute Gasteiger partial charge is 0.342 e. The molecule has 2 amide bonds. The molecule has 2 heterocycles. The van der Waals surface area contributed by atoms with E-state index in [-0.39, 0.29) is 17.9 Å². The molecule has 0 radical (unpaired) electrons. The van der Waals surface area contributed by atoms with E-state index in [1.54, 1.807) is 6.20 Å². The van der Waals surface area contributed by atoms with E-state index < -0.39 is 0 Å². The molecule has 2 N–H and O–H groups in total. The predicted molar refractivity (Wildman–Crippen MR) is 68.1 cm³/mol. The lowest BCUT2D eigenvalue weighted by atomic mass is 10.1. The third kappa shape index (κ3) is 2.92. The van der Waals surface area contributed by atoms with Gasteiger partial charge in [-0.25, -0.2) is 10.4 Å². The lowest BCUT2D eigenvalue weighted by molar-refractivity contribution is -0.121. The van der Waals surface area contributed by atoms with Gasteiger partial charge in [-0.3, -0.25) is 9.59 Å². The van der Waals surface area contributed by atoms with Gasteiger partial charge in [0.25, 0.3) is 5.91 Å². The van der Waals surface area contributed by atoms with Crippen molar-refractivity contribution in [2.45, 2.75) is 32.2 Å². The Bertz CT molecular complexity index is 469. The summed E-state index contributed by atoms with van der Waals surface area (Å²) in [6.45, 7) is 1.98. The van der Waals surface area contributed by atoms with E-state index in [2.05, 4.69) is 20.8 Å². The lowest BCUT2D eigenvalue weighted by Gasteiger charge is -2.17. The van der Waals surface area contributed by atoms with Crippen LogP contribution >= 0.6 is 11.3 Å². The van der Waals surface area contributed by atoms with Gasteiger partial charge in [0.1, 0.15) is 10.7 Å². The van der Waals surface area contributed by atoms with Gasteiger partial charge in [-0.05, 0) is 6.42 Å². The summed E-state index contributed by atoms with van der Waals surface area (Å²) in [5.74, 6) is -0.393. The van der Waals surface area contributed by atoms with Crippen LogP contribution in [0.15, 0.2) is 16.7 Å². The lowest BCUT2D eigenvalue weighted by Crippen LogP contribution is -2.38. The van der Waals surface area contributed by atoms with Gasteiger partial charge in [0.05, 0.1) is 6.04 Å². The maximum atomic E-state index is 12.0. The number of carbonyl (C=O) groups excluding carboxylic acids is 2. The van der Waals surface area contributed by atoms with Crippen molar-refractivity contribution in [2.75, 3.05) is 0 Å². The zero-order valence-electron chi connectivity index (χ0n) is 9.97. The molecule has 96 valence electrons. The minimum Gasteiger partial charge on any atom is -0.342 e. The normalized spacial score (nSPS) is 16.7. The SMILES string of the molecule is CCC(NC(=O)C1=NNC(=O)CC1)c1nccs1. The second-order valence-corrected chi connectivity index (χ2v) is 4.82. The first-order chi connectivity index (χ1) is 8.70. The summed E-state index contributed by atoms with van der Waals surface area (Å²) in [4.78, 5) is 27.1. The molecule has 1 aromatic heterocycles. The summed E-state index contributed by atoms with van der Waals surface area (Å²) in [6.07, 6.45) is 3.17. The van der Waals surface area contributed by atoms with E-state index in [9.17, 15) is 9.59 Å². The molecular formula is C11H14N4O2S. The molecule has 0 aliphatic carbocycles. The smallest absolute Gasteiger partial charge is 0.268 e. The van der Waals surface area contributed by atoms with Crippen LogP contribution < -0.4 is 10.7 Å². The third-order valence-electron chi connectivity index (χ3n) is 2.63. The van der Waals surface area contributed by atoms with E-state index in [0.717, 1.165) is 11.4 Å².